The van der Waals surface area contributed by atoms with Gasteiger partial charge in [0.25, 0.3) is 0 Å². The van der Waals surface area contributed by atoms with E-state index in [0.29, 0.717) is 13.0 Å². The number of aromatic nitrogens is 4. The topological polar surface area (TPSA) is 273 Å². The average molecular weight is 457 g/mol. The molecule has 180 valence electrons. The second-order valence-corrected chi connectivity index (χ2v) is 6.68. The predicted molar refractivity (Wildman–Crippen MR) is 114 cm³/mol. The molecule has 14 heteroatoms. The van der Waals surface area contributed by atoms with Gasteiger partial charge in [-0.3, -0.25) is 14.4 Å². The Kier molecular flexibility index (Phi) is 14.7. The Balaban J connectivity index is 0.000000452. The molecule has 0 aliphatic carbocycles. The van der Waals surface area contributed by atoms with E-state index < -0.39 is 36.0 Å². The molecule has 0 aliphatic rings. The monoisotopic (exact) mass is 456 g/mol. The second-order valence-electron chi connectivity index (χ2n) is 6.68. The third-order valence-electron chi connectivity index (χ3n) is 3.91. The van der Waals surface area contributed by atoms with Gasteiger partial charge in [0, 0.05) is 36.6 Å². The van der Waals surface area contributed by atoms with Crippen LogP contribution in [0.5, 0.6) is 0 Å². The standard InChI is InChI=1S/2C6H9N3O2.C6H14N2O2/c2*7-5(6(10)11)1-4-2-8-3-9-4;7-4-2-1-3-5(8)6(9)10/h2*2-3,5H,1,7H2,(H,8,9)(H,10,11);5H,1-4,7-8H2,(H,9,10)/t3*5-/m000/s1. The third-order valence-corrected chi connectivity index (χ3v) is 3.91. The maximum Gasteiger partial charge on any atom is 0.320 e. The van der Waals surface area contributed by atoms with Crippen molar-refractivity contribution >= 4 is 17.9 Å². The number of aliphatic carboxylic acids is 3. The first kappa shape index (κ1) is 28.7. The van der Waals surface area contributed by atoms with Crippen molar-refractivity contribution in [3.05, 3.63) is 36.4 Å². The fourth-order valence-corrected chi connectivity index (χ4v) is 2.07. The second kappa shape index (κ2) is 16.4. The number of carbonyl (C=O) groups is 3. The van der Waals surface area contributed by atoms with Crippen molar-refractivity contribution in [2.24, 2.45) is 22.9 Å². The number of imidazole rings is 2. The molecule has 2 rings (SSSR count). The summed E-state index contributed by atoms with van der Waals surface area (Å²) in [6.45, 7) is 0.604. The van der Waals surface area contributed by atoms with Crippen LogP contribution >= 0.6 is 0 Å². The fraction of sp³-hybridized carbons (Fsp3) is 0.500. The number of hydrogen-bond donors (Lipinski definition) is 9. The van der Waals surface area contributed by atoms with Crippen LogP contribution in [0, 0.1) is 0 Å². The van der Waals surface area contributed by atoms with E-state index in [9.17, 15) is 14.4 Å². The number of rotatable bonds is 11. The fourth-order valence-electron chi connectivity index (χ4n) is 2.07. The molecule has 32 heavy (non-hydrogen) atoms. The number of unbranched alkanes of at least 4 members (excludes halogenated alkanes) is 1. The largest absolute Gasteiger partial charge is 0.480 e. The molecule has 0 radical (unpaired) electrons. The zero-order chi connectivity index (χ0) is 24.5. The van der Waals surface area contributed by atoms with Crippen LogP contribution in [0.15, 0.2) is 25.0 Å². The molecule has 2 aromatic heterocycles. The van der Waals surface area contributed by atoms with Gasteiger partial charge in [-0.05, 0) is 19.4 Å². The lowest BCUT2D eigenvalue weighted by molar-refractivity contribution is -0.139. The van der Waals surface area contributed by atoms with E-state index in [1.54, 1.807) is 12.4 Å². The number of H-pyrrole nitrogens is 2. The van der Waals surface area contributed by atoms with E-state index in [4.69, 9.17) is 38.3 Å². The van der Waals surface area contributed by atoms with Gasteiger partial charge in [-0.15, -0.1) is 0 Å². The Morgan fingerprint density at radius 3 is 1.47 bits per heavy atom. The molecule has 0 aliphatic heterocycles. The number of hydrogen-bond acceptors (Lipinski definition) is 9. The van der Waals surface area contributed by atoms with Gasteiger partial charge in [0.2, 0.25) is 0 Å². The van der Waals surface area contributed by atoms with Crippen molar-refractivity contribution in [3.8, 4) is 0 Å². The van der Waals surface area contributed by atoms with Gasteiger partial charge in [-0.1, -0.05) is 6.42 Å². The molecule has 0 unspecified atom stereocenters. The Hall–Kier alpha value is -3.33. The highest BCUT2D eigenvalue weighted by atomic mass is 16.4. The van der Waals surface area contributed by atoms with Crippen LogP contribution < -0.4 is 22.9 Å². The number of nitrogens with two attached hydrogens (primary N) is 4. The molecule has 0 aromatic carbocycles. The minimum Gasteiger partial charge on any atom is -0.480 e. The summed E-state index contributed by atoms with van der Waals surface area (Å²) in [5.74, 6) is -2.93. The van der Waals surface area contributed by atoms with Crippen LogP contribution in [-0.2, 0) is 27.2 Å². The summed E-state index contributed by atoms with van der Waals surface area (Å²) in [5.41, 5.74) is 22.4. The molecule has 0 spiro atoms. The number of nitrogens with one attached hydrogen (secondary N) is 2. The van der Waals surface area contributed by atoms with Gasteiger partial charge in [-0.25, -0.2) is 9.97 Å². The number of aromatic amines is 2. The van der Waals surface area contributed by atoms with Gasteiger partial charge in [0.15, 0.2) is 0 Å². The molecule has 3 atom stereocenters. The summed E-state index contributed by atoms with van der Waals surface area (Å²) in [4.78, 5) is 43.7. The molecule has 13 N–H and O–H groups in total. The first-order valence-corrected chi connectivity index (χ1v) is 9.68. The van der Waals surface area contributed by atoms with E-state index in [1.165, 1.54) is 12.7 Å². The Morgan fingerprint density at radius 1 is 0.781 bits per heavy atom. The number of carboxylic acids is 3. The van der Waals surface area contributed by atoms with Gasteiger partial charge in [-0.2, -0.15) is 0 Å². The van der Waals surface area contributed by atoms with Gasteiger partial charge < -0.3 is 48.2 Å². The van der Waals surface area contributed by atoms with Crippen LogP contribution in [0.1, 0.15) is 30.7 Å². The predicted octanol–water partition coefficient (Wildman–Crippen LogP) is -1.74. The Bertz CT molecular complexity index is 716. The lowest BCUT2D eigenvalue weighted by Crippen LogP contribution is -2.32. The molecule has 0 saturated heterocycles. The van der Waals surface area contributed by atoms with Crippen LogP contribution in [0.3, 0.4) is 0 Å². The summed E-state index contributed by atoms with van der Waals surface area (Å²) in [7, 11) is 0. The first-order valence-electron chi connectivity index (χ1n) is 9.68. The van der Waals surface area contributed by atoms with Crippen molar-refractivity contribution in [1.82, 2.24) is 19.9 Å². The normalized spacial score (nSPS) is 12.9. The zero-order valence-corrected chi connectivity index (χ0v) is 17.6. The summed E-state index contributed by atoms with van der Waals surface area (Å²) in [5, 5.41) is 25.2. The summed E-state index contributed by atoms with van der Waals surface area (Å²) in [6.07, 6.45) is 8.83. The molecular formula is C18H32N8O6. The van der Waals surface area contributed by atoms with E-state index in [-0.39, 0.29) is 12.8 Å². The van der Waals surface area contributed by atoms with Crippen LogP contribution in [0.4, 0.5) is 0 Å². The Morgan fingerprint density at radius 2 is 1.19 bits per heavy atom. The number of carboxylic acid groups (broad SMARTS) is 3. The molecule has 0 saturated carbocycles. The quantitative estimate of drug-likeness (QED) is 0.170. The van der Waals surface area contributed by atoms with Crippen molar-refractivity contribution in [3.63, 3.8) is 0 Å². The summed E-state index contributed by atoms with van der Waals surface area (Å²) in [6, 6.07) is -2.42. The van der Waals surface area contributed by atoms with Crippen molar-refractivity contribution in [2.45, 2.75) is 50.2 Å². The molecular weight excluding hydrogens is 424 g/mol. The maximum atomic E-state index is 10.3. The summed E-state index contributed by atoms with van der Waals surface area (Å²) < 4.78 is 0. The highest BCUT2D eigenvalue weighted by Gasteiger charge is 2.13. The minimum absolute atomic E-state index is 0.287. The summed E-state index contributed by atoms with van der Waals surface area (Å²) >= 11 is 0. The SMILES string of the molecule is NCCCC[C@H](N)C(=O)O.N[C@@H](Cc1cnc[nH]1)C(=O)O.N[C@@H](Cc1cnc[nH]1)C(=O)O. The van der Waals surface area contributed by atoms with E-state index in [2.05, 4.69) is 19.9 Å². The third kappa shape index (κ3) is 13.8. The molecule has 0 fully saturated rings. The smallest absolute Gasteiger partial charge is 0.320 e. The Labute approximate surface area is 184 Å². The molecule has 0 bridgehead atoms. The molecule has 2 heterocycles. The van der Waals surface area contributed by atoms with E-state index in [1.807, 2.05) is 0 Å². The lowest BCUT2D eigenvalue weighted by Gasteiger charge is -2.03. The molecule has 2 aromatic rings. The average Bonchev–Trinajstić information content (AvgIpc) is 3.43. The van der Waals surface area contributed by atoms with Crippen molar-refractivity contribution < 1.29 is 29.7 Å². The first-order chi connectivity index (χ1) is 15.1. The van der Waals surface area contributed by atoms with Crippen LogP contribution in [-0.4, -0.2) is 77.8 Å². The lowest BCUT2D eigenvalue weighted by atomic mass is 10.1. The zero-order valence-electron chi connectivity index (χ0n) is 17.6. The molecule has 0 amide bonds. The van der Waals surface area contributed by atoms with Gasteiger partial charge in [0.05, 0.1) is 12.7 Å². The van der Waals surface area contributed by atoms with E-state index in [0.717, 1.165) is 24.2 Å². The van der Waals surface area contributed by atoms with E-state index >= 15 is 0 Å². The highest BCUT2D eigenvalue weighted by Crippen LogP contribution is 1.97. The van der Waals surface area contributed by atoms with Crippen molar-refractivity contribution in [1.29, 1.82) is 0 Å². The minimum atomic E-state index is -1.00. The van der Waals surface area contributed by atoms with Gasteiger partial charge >= 0.3 is 17.9 Å². The van der Waals surface area contributed by atoms with Crippen molar-refractivity contribution in [2.75, 3.05) is 6.54 Å². The van der Waals surface area contributed by atoms with Crippen LogP contribution in [0.2, 0.25) is 0 Å². The number of nitrogens with zero attached hydrogens (tertiary/aromatic N) is 2. The molecule has 14 nitrogen and oxygen atoms in total. The van der Waals surface area contributed by atoms with Crippen LogP contribution in [0.25, 0.3) is 0 Å². The maximum absolute atomic E-state index is 10.3. The highest BCUT2D eigenvalue weighted by molar-refractivity contribution is 5.74. The van der Waals surface area contributed by atoms with Gasteiger partial charge in [0.1, 0.15) is 18.1 Å².